The van der Waals surface area contributed by atoms with Crippen LogP contribution in [0.25, 0.3) is 0 Å². The molecule has 0 radical (unpaired) electrons. The van der Waals surface area contributed by atoms with Crippen LogP contribution < -0.4 is 5.32 Å². The molecule has 2 aromatic rings. The van der Waals surface area contributed by atoms with Crippen molar-refractivity contribution in [2.24, 2.45) is 0 Å². The molecule has 1 N–H and O–H groups in total. The molecule has 22 heavy (non-hydrogen) atoms. The van der Waals surface area contributed by atoms with E-state index in [-0.39, 0.29) is 11.9 Å². The Balaban J connectivity index is 1.64. The van der Waals surface area contributed by atoms with Crippen LogP contribution in [0.5, 0.6) is 0 Å². The molecular formula is C19H19NO2. The SMILES string of the molecule is Cc1ccc(COC2=CC(=O)N[C@H]2Cc2ccccc2)cc1. The molecule has 0 saturated carbocycles. The number of ether oxygens (including phenoxy) is 1. The Labute approximate surface area is 130 Å². The lowest BCUT2D eigenvalue weighted by Gasteiger charge is -2.16. The van der Waals surface area contributed by atoms with E-state index in [1.807, 2.05) is 30.3 Å². The van der Waals surface area contributed by atoms with Gasteiger partial charge in [-0.3, -0.25) is 4.79 Å². The van der Waals surface area contributed by atoms with E-state index in [2.05, 4.69) is 36.5 Å². The van der Waals surface area contributed by atoms with Crippen molar-refractivity contribution < 1.29 is 9.53 Å². The minimum atomic E-state index is -0.0835. The molecule has 1 aliphatic heterocycles. The van der Waals surface area contributed by atoms with E-state index in [0.717, 1.165) is 17.7 Å². The number of benzene rings is 2. The first kappa shape index (κ1) is 14.4. The summed E-state index contributed by atoms with van der Waals surface area (Å²) in [6, 6.07) is 18.2. The number of amides is 1. The van der Waals surface area contributed by atoms with Crippen molar-refractivity contribution in [1.29, 1.82) is 0 Å². The van der Waals surface area contributed by atoms with Gasteiger partial charge in [0.2, 0.25) is 5.91 Å². The molecule has 1 atom stereocenters. The van der Waals surface area contributed by atoms with Crippen LogP contribution in [0.2, 0.25) is 0 Å². The van der Waals surface area contributed by atoms with Crippen molar-refractivity contribution in [3.8, 4) is 0 Å². The summed E-state index contributed by atoms with van der Waals surface area (Å²) in [6.07, 6.45) is 2.30. The molecule has 1 amide bonds. The van der Waals surface area contributed by atoms with Crippen molar-refractivity contribution in [2.45, 2.75) is 26.0 Å². The number of carbonyl (C=O) groups excluding carboxylic acids is 1. The molecule has 112 valence electrons. The molecule has 1 heterocycles. The number of hydrogen-bond donors (Lipinski definition) is 1. The van der Waals surface area contributed by atoms with Crippen LogP contribution in [0, 0.1) is 6.92 Å². The van der Waals surface area contributed by atoms with Gasteiger partial charge in [0.1, 0.15) is 12.4 Å². The maximum Gasteiger partial charge on any atom is 0.248 e. The molecular weight excluding hydrogens is 274 g/mol. The van der Waals surface area contributed by atoms with Gasteiger partial charge in [0, 0.05) is 6.08 Å². The third kappa shape index (κ3) is 3.55. The molecule has 3 nitrogen and oxygen atoms in total. The summed E-state index contributed by atoms with van der Waals surface area (Å²) in [5.74, 6) is 0.634. The molecule has 3 heteroatoms. The van der Waals surface area contributed by atoms with E-state index >= 15 is 0 Å². The summed E-state index contributed by atoms with van der Waals surface area (Å²) in [6.45, 7) is 2.54. The van der Waals surface area contributed by atoms with Crippen molar-refractivity contribution in [2.75, 3.05) is 0 Å². The third-order valence-electron chi connectivity index (χ3n) is 3.74. The molecule has 0 spiro atoms. The minimum absolute atomic E-state index is 0.0830. The fraction of sp³-hybridized carbons (Fsp3) is 0.211. The Morgan fingerprint density at radius 3 is 2.45 bits per heavy atom. The van der Waals surface area contributed by atoms with E-state index in [9.17, 15) is 4.79 Å². The van der Waals surface area contributed by atoms with Crippen LogP contribution in [0.3, 0.4) is 0 Å². The van der Waals surface area contributed by atoms with E-state index < -0.39 is 0 Å². The molecule has 0 aliphatic carbocycles. The highest BCUT2D eigenvalue weighted by Crippen LogP contribution is 2.18. The minimum Gasteiger partial charge on any atom is -0.491 e. The standard InChI is InChI=1S/C19H19NO2/c1-14-7-9-16(10-8-14)13-22-18-12-19(21)20-17(18)11-15-5-3-2-4-6-15/h2-10,12,17H,11,13H2,1H3,(H,20,21)/t17-/m0/s1. The molecule has 3 rings (SSSR count). The second-order valence-corrected chi connectivity index (χ2v) is 5.57. The molecule has 0 unspecified atom stereocenters. The predicted octanol–water partition coefficient (Wildman–Crippen LogP) is 3.14. The van der Waals surface area contributed by atoms with Gasteiger partial charge in [0.05, 0.1) is 6.04 Å². The Bertz CT molecular complexity index is 674. The first-order valence-corrected chi connectivity index (χ1v) is 7.45. The van der Waals surface area contributed by atoms with Crippen molar-refractivity contribution in [1.82, 2.24) is 5.32 Å². The predicted molar refractivity (Wildman–Crippen MR) is 86.1 cm³/mol. The molecule has 0 saturated heterocycles. The average Bonchev–Trinajstić information content (AvgIpc) is 2.87. The van der Waals surface area contributed by atoms with Crippen LogP contribution in [0.4, 0.5) is 0 Å². The zero-order chi connectivity index (χ0) is 15.4. The van der Waals surface area contributed by atoms with E-state index in [1.165, 1.54) is 11.1 Å². The zero-order valence-corrected chi connectivity index (χ0v) is 12.6. The molecule has 0 aromatic heterocycles. The quantitative estimate of drug-likeness (QED) is 0.919. The summed E-state index contributed by atoms with van der Waals surface area (Å²) in [5.41, 5.74) is 3.51. The van der Waals surface area contributed by atoms with Gasteiger partial charge in [0.15, 0.2) is 0 Å². The Morgan fingerprint density at radius 1 is 1.00 bits per heavy atom. The van der Waals surface area contributed by atoms with Gasteiger partial charge in [-0.25, -0.2) is 0 Å². The van der Waals surface area contributed by atoms with Crippen molar-refractivity contribution >= 4 is 5.91 Å². The van der Waals surface area contributed by atoms with Crippen molar-refractivity contribution in [3.05, 3.63) is 83.1 Å². The Hall–Kier alpha value is -2.55. The van der Waals surface area contributed by atoms with Crippen LogP contribution in [-0.2, 0) is 22.6 Å². The number of rotatable bonds is 5. The van der Waals surface area contributed by atoms with E-state index in [0.29, 0.717) is 6.61 Å². The highest BCUT2D eigenvalue weighted by Gasteiger charge is 2.25. The van der Waals surface area contributed by atoms with E-state index in [1.54, 1.807) is 6.08 Å². The second-order valence-electron chi connectivity index (χ2n) is 5.57. The van der Waals surface area contributed by atoms with Crippen LogP contribution >= 0.6 is 0 Å². The summed E-state index contributed by atoms with van der Waals surface area (Å²) < 4.78 is 5.86. The van der Waals surface area contributed by atoms with Gasteiger partial charge in [-0.15, -0.1) is 0 Å². The number of aryl methyl sites for hydroxylation is 1. The first-order chi connectivity index (χ1) is 10.7. The molecule has 0 bridgehead atoms. The van der Waals surface area contributed by atoms with Gasteiger partial charge in [-0.1, -0.05) is 60.2 Å². The Kier molecular flexibility index (Phi) is 4.24. The second kappa shape index (κ2) is 6.48. The largest absolute Gasteiger partial charge is 0.491 e. The van der Waals surface area contributed by atoms with E-state index in [4.69, 9.17) is 4.74 Å². The third-order valence-corrected chi connectivity index (χ3v) is 3.74. The first-order valence-electron chi connectivity index (χ1n) is 7.45. The monoisotopic (exact) mass is 293 g/mol. The number of carbonyl (C=O) groups is 1. The summed E-state index contributed by atoms with van der Waals surface area (Å²) in [5, 5.41) is 2.94. The van der Waals surface area contributed by atoms with Gasteiger partial charge in [-0.2, -0.15) is 0 Å². The van der Waals surface area contributed by atoms with Crippen molar-refractivity contribution in [3.63, 3.8) is 0 Å². The van der Waals surface area contributed by atoms with Gasteiger partial charge >= 0.3 is 0 Å². The fourth-order valence-electron chi connectivity index (χ4n) is 2.51. The number of nitrogens with one attached hydrogen (secondary N) is 1. The van der Waals surface area contributed by atoms with Gasteiger partial charge in [0.25, 0.3) is 0 Å². The van der Waals surface area contributed by atoms with Gasteiger partial charge in [-0.05, 0) is 24.5 Å². The normalized spacial score (nSPS) is 17.0. The summed E-state index contributed by atoms with van der Waals surface area (Å²) in [4.78, 5) is 11.6. The fourth-order valence-corrected chi connectivity index (χ4v) is 2.51. The lowest BCUT2D eigenvalue weighted by Crippen LogP contribution is -2.31. The summed E-state index contributed by atoms with van der Waals surface area (Å²) in [7, 11) is 0. The zero-order valence-electron chi connectivity index (χ0n) is 12.6. The lowest BCUT2D eigenvalue weighted by atomic mass is 10.1. The topological polar surface area (TPSA) is 38.3 Å². The van der Waals surface area contributed by atoms with Crippen LogP contribution in [-0.4, -0.2) is 11.9 Å². The van der Waals surface area contributed by atoms with Crippen LogP contribution in [0.1, 0.15) is 16.7 Å². The summed E-state index contributed by atoms with van der Waals surface area (Å²) >= 11 is 0. The molecule has 1 aliphatic rings. The number of hydrogen-bond acceptors (Lipinski definition) is 2. The molecule has 0 fully saturated rings. The van der Waals surface area contributed by atoms with Crippen LogP contribution in [0.15, 0.2) is 66.4 Å². The highest BCUT2D eigenvalue weighted by molar-refractivity contribution is 5.91. The van der Waals surface area contributed by atoms with Gasteiger partial charge < -0.3 is 10.1 Å². The highest BCUT2D eigenvalue weighted by atomic mass is 16.5. The maximum absolute atomic E-state index is 11.6. The smallest absolute Gasteiger partial charge is 0.248 e. The maximum atomic E-state index is 11.6. The average molecular weight is 293 g/mol. The Morgan fingerprint density at radius 2 is 1.73 bits per heavy atom. The lowest BCUT2D eigenvalue weighted by molar-refractivity contribution is -0.116. The molecule has 2 aromatic carbocycles.